The van der Waals surface area contributed by atoms with Crippen LogP contribution in [0.2, 0.25) is 0 Å². The van der Waals surface area contributed by atoms with Gasteiger partial charge in [0.05, 0.1) is 23.3 Å². The van der Waals surface area contributed by atoms with Crippen LogP contribution in [0.5, 0.6) is 0 Å². The zero-order valence-electron chi connectivity index (χ0n) is 12.5. The van der Waals surface area contributed by atoms with Crippen LogP contribution in [0.25, 0.3) is 11.0 Å². The maximum Gasteiger partial charge on any atom is 0.233 e. The molecule has 1 aromatic carbocycles. The van der Waals surface area contributed by atoms with Gasteiger partial charge in [0.1, 0.15) is 11.5 Å². The Kier molecular flexibility index (Phi) is 4.20. The minimum absolute atomic E-state index is 0.0412. The van der Waals surface area contributed by atoms with E-state index in [1.54, 1.807) is 11.9 Å². The summed E-state index contributed by atoms with van der Waals surface area (Å²) in [5.41, 5.74) is 1.90. The molecule has 0 bridgehead atoms. The van der Waals surface area contributed by atoms with E-state index in [1.807, 2.05) is 43.3 Å². The highest BCUT2D eigenvalue weighted by Gasteiger charge is 2.13. The van der Waals surface area contributed by atoms with Gasteiger partial charge in [0, 0.05) is 7.05 Å². The van der Waals surface area contributed by atoms with E-state index in [-0.39, 0.29) is 5.91 Å². The third-order valence-corrected chi connectivity index (χ3v) is 4.17. The van der Waals surface area contributed by atoms with E-state index in [0.717, 1.165) is 27.7 Å². The van der Waals surface area contributed by atoms with E-state index in [9.17, 15) is 4.79 Å². The molecule has 22 heavy (non-hydrogen) atoms. The van der Waals surface area contributed by atoms with E-state index < -0.39 is 0 Å². The topological polar surface area (TPSA) is 62.1 Å². The van der Waals surface area contributed by atoms with Crippen molar-refractivity contribution in [2.45, 2.75) is 18.6 Å². The highest BCUT2D eigenvalue weighted by molar-refractivity contribution is 7.99. The molecule has 1 N–H and O–H groups in total. The predicted molar refractivity (Wildman–Crippen MR) is 86.7 cm³/mol. The van der Waals surface area contributed by atoms with Crippen molar-refractivity contribution >= 4 is 28.7 Å². The van der Waals surface area contributed by atoms with Crippen LogP contribution in [0.3, 0.4) is 0 Å². The number of thioether (sulfide) groups is 1. The number of benzene rings is 1. The number of nitrogens with zero attached hydrogens (tertiary/aromatic N) is 2. The molecule has 0 radical (unpaired) electrons. The molecule has 0 aliphatic rings. The molecule has 6 heteroatoms. The Morgan fingerprint density at radius 3 is 2.86 bits per heavy atom. The van der Waals surface area contributed by atoms with E-state index >= 15 is 0 Å². The highest BCUT2D eigenvalue weighted by atomic mass is 32.2. The van der Waals surface area contributed by atoms with Gasteiger partial charge in [-0.05, 0) is 31.2 Å². The molecule has 2 aromatic heterocycles. The fourth-order valence-electron chi connectivity index (χ4n) is 2.13. The number of imidazole rings is 1. The number of aromatic nitrogens is 2. The molecule has 3 rings (SSSR count). The summed E-state index contributed by atoms with van der Waals surface area (Å²) in [6, 6.07) is 11.6. The van der Waals surface area contributed by atoms with Gasteiger partial charge >= 0.3 is 0 Å². The standard InChI is InChI=1S/C16H17N3O2S/c1-11-7-8-12(21-11)9-19(2)15(20)10-22-16-17-13-5-3-4-6-14(13)18-16/h3-8H,9-10H2,1-2H3,(H,17,18). The summed E-state index contributed by atoms with van der Waals surface area (Å²) in [6.07, 6.45) is 0. The van der Waals surface area contributed by atoms with Crippen LogP contribution < -0.4 is 0 Å². The van der Waals surface area contributed by atoms with E-state index in [1.165, 1.54) is 11.8 Å². The summed E-state index contributed by atoms with van der Waals surface area (Å²) in [6.45, 7) is 2.37. The van der Waals surface area contributed by atoms with Crippen LogP contribution in [-0.4, -0.2) is 33.6 Å². The molecule has 0 unspecified atom stereocenters. The number of carbonyl (C=O) groups is 1. The number of H-pyrrole nitrogens is 1. The second kappa shape index (κ2) is 6.27. The number of hydrogen-bond acceptors (Lipinski definition) is 4. The fourth-order valence-corrected chi connectivity index (χ4v) is 2.96. The number of amides is 1. The average Bonchev–Trinajstić information content (AvgIpc) is 3.10. The molecule has 0 spiro atoms. The Labute approximate surface area is 132 Å². The lowest BCUT2D eigenvalue weighted by molar-refractivity contribution is -0.127. The fraction of sp³-hybridized carbons (Fsp3) is 0.250. The summed E-state index contributed by atoms with van der Waals surface area (Å²) >= 11 is 1.41. The average molecular weight is 315 g/mol. The molecule has 0 saturated heterocycles. The molecular formula is C16H17N3O2S. The van der Waals surface area contributed by atoms with Gasteiger partial charge in [0.15, 0.2) is 5.16 Å². The molecule has 5 nitrogen and oxygen atoms in total. The minimum Gasteiger partial charge on any atom is -0.464 e. The lowest BCUT2D eigenvalue weighted by atomic mass is 10.3. The molecule has 0 aliphatic heterocycles. The van der Waals surface area contributed by atoms with E-state index in [4.69, 9.17) is 4.42 Å². The lowest BCUT2D eigenvalue weighted by Crippen LogP contribution is -2.27. The van der Waals surface area contributed by atoms with Crippen molar-refractivity contribution < 1.29 is 9.21 Å². The first kappa shape index (κ1) is 14.7. The Morgan fingerprint density at radius 2 is 2.14 bits per heavy atom. The monoisotopic (exact) mass is 315 g/mol. The van der Waals surface area contributed by atoms with Crippen molar-refractivity contribution in [1.29, 1.82) is 0 Å². The summed E-state index contributed by atoms with van der Waals surface area (Å²) in [5.74, 6) is 2.03. The van der Waals surface area contributed by atoms with Gasteiger partial charge in [0.25, 0.3) is 0 Å². The van der Waals surface area contributed by atoms with Crippen molar-refractivity contribution in [1.82, 2.24) is 14.9 Å². The number of nitrogens with one attached hydrogen (secondary N) is 1. The van der Waals surface area contributed by atoms with E-state index in [0.29, 0.717) is 12.3 Å². The van der Waals surface area contributed by atoms with Crippen LogP contribution in [0, 0.1) is 6.92 Å². The van der Waals surface area contributed by atoms with Crippen LogP contribution in [0.4, 0.5) is 0 Å². The molecule has 0 fully saturated rings. The Morgan fingerprint density at radius 1 is 1.32 bits per heavy atom. The Hall–Kier alpha value is -2.21. The first-order valence-electron chi connectivity index (χ1n) is 6.98. The molecule has 0 saturated carbocycles. The number of carbonyl (C=O) groups excluding carboxylic acids is 1. The van der Waals surface area contributed by atoms with Crippen LogP contribution in [0.15, 0.2) is 46.0 Å². The summed E-state index contributed by atoms with van der Waals surface area (Å²) in [7, 11) is 1.78. The first-order chi connectivity index (χ1) is 10.6. The summed E-state index contributed by atoms with van der Waals surface area (Å²) < 4.78 is 5.49. The van der Waals surface area contributed by atoms with Crippen molar-refractivity contribution in [2.75, 3.05) is 12.8 Å². The van der Waals surface area contributed by atoms with Gasteiger partial charge in [-0.2, -0.15) is 0 Å². The van der Waals surface area contributed by atoms with Crippen molar-refractivity contribution in [3.8, 4) is 0 Å². The molecule has 2 heterocycles. The van der Waals surface area contributed by atoms with Crippen molar-refractivity contribution in [3.05, 3.63) is 47.9 Å². The van der Waals surface area contributed by atoms with Crippen LogP contribution >= 0.6 is 11.8 Å². The number of hydrogen-bond donors (Lipinski definition) is 1. The molecule has 0 aliphatic carbocycles. The second-order valence-electron chi connectivity index (χ2n) is 5.11. The number of rotatable bonds is 5. The van der Waals surface area contributed by atoms with Gasteiger partial charge < -0.3 is 14.3 Å². The third-order valence-electron chi connectivity index (χ3n) is 3.31. The second-order valence-corrected chi connectivity index (χ2v) is 6.07. The summed E-state index contributed by atoms with van der Waals surface area (Å²) in [5, 5.41) is 0.761. The Balaban J connectivity index is 1.57. The van der Waals surface area contributed by atoms with Gasteiger partial charge in [0.2, 0.25) is 5.91 Å². The quantitative estimate of drug-likeness (QED) is 0.734. The minimum atomic E-state index is 0.0412. The maximum atomic E-state index is 12.2. The van der Waals surface area contributed by atoms with Crippen molar-refractivity contribution in [3.63, 3.8) is 0 Å². The zero-order valence-corrected chi connectivity index (χ0v) is 13.3. The normalized spacial score (nSPS) is 11.0. The zero-order chi connectivity index (χ0) is 15.5. The Bertz CT molecular complexity index is 760. The lowest BCUT2D eigenvalue weighted by Gasteiger charge is -2.14. The van der Waals surface area contributed by atoms with Gasteiger partial charge in [-0.25, -0.2) is 4.98 Å². The molecule has 0 atom stereocenters. The molecule has 1 amide bonds. The number of aromatic amines is 1. The predicted octanol–water partition coefficient (Wildman–Crippen LogP) is 3.22. The smallest absolute Gasteiger partial charge is 0.233 e. The number of para-hydroxylation sites is 2. The van der Waals surface area contributed by atoms with Crippen molar-refractivity contribution in [2.24, 2.45) is 0 Å². The van der Waals surface area contributed by atoms with Crippen LogP contribution in [0.1, 0.15) is 11.5 Å². The number of aryl methyl sites for hydroxylation is 1. The largest absolute Gasteiger partial charge is 0.464 e. The summed E-state index contributed by atoms with van der Waals surface area (Å²) in [4.78, 5) is 21.5. The molecular weight excluding hydrogens is 298 g/mol. The highest BCUT2D eigenvalue weighted by Crippen LogP contribution is 2.19. The van der Waals surface area contributed by atoms with Gasteiger partial charge in [-0.1, -0.05) is 23.9 Å². The van der Waals surface area contributed by atoms with E-state index in [2.05, 4.69) is 9.97 Å². The SMILES string of the molecule is Cc1ccc(CN(C)C(=O)CSc2nc3ccccc3[nH]2)o1. The molecule has 3 aromatic rings. The first-order valence-corrected chi connectivity index (χ1v) is 7.97. The van der Waals surface area contributed by atoms with Gasteiger partial charge in [-0.15, -0.1) is 0 Å². The number of furan rings is 1. The molecule has 114 valence electrons. The third kappa shape index (κ3) is 3.33. The van der Waals surface area contributed by atoms with Crippen LogP contribution in [-0.2, 0) is 11.3 Å². The number of fused-ring (bicyclic) bond motifs is 1. The maximum absolute atomic E-state index is 12.2. The van der Waals surface area contributed by atoms with Gasteiger partial charge in [-0.3, -0.25) is 4.79 Å².